The summed E-state index contributed by atoms with van der Waals surface area (Å²) >= 11 is 0. The van der Waals surface area contributed by atoms with Gasteiger partial charge in [-0.3, -0.25) is 14.4 Å². The van der Waals surface area contributed by atoms with Gasteiger partial charge in [0.1, 0.15) is 0 Å². The van der Waals surface area contributed by atoms with Crippen molar-refractivity contribution in [3.8, 4) is 0 Å². The van der Waals surface area contributed by atoms with Crippen molar-refractivity contribution in [2.45, 2.75) is 32.2 Å². The van der Waals surface area contributed by atoms with E-state index in [1.807, 2.05) is 36.4 Å². The number of hydrogen-bond donors (Lipinski definition) is 1. The Morgan fingerprint density at radius 3 is 2.29 bits per heavy atom. The molecule has 0 fully saturated rings. The second kappa shape index (κ2) is 9.14. The molecular formula is C28H27N3O3. The number of benzene rings is 3. The van der Waals surface area contributed by atoms with Gasteiger partial charge in [-0.15, -0.1) is 0 Å². The van der Waals surface area contributed by atoms with Gasteiger partial charge in [-0.05, 0) is 59.9 Å². The lowest BCUT2D eigenvalue weighted by Crippen LogP contribution is -2.40. The van der Waals surface area contributed by atoms with Crippen molar-refractivity contribution in [1.29, 1.82) is 0 Å². The van der Waals surface area contributed by atoms with Crippen LogP contribution in [0, 0.1) is 0 Å². The quantitative estimate of drug-likeness (QED) is 0.638. The third-order valence-corrected chi connectivity index (χ3v) is 6.74. The zero-order chi connectivity index (χ0) is 23.7. The molecule has 1 unspecified atom stereocenters. The molecule has 0 spiro atoms. The van der Waals surface area contributed by atoms with E-state index in [0.717, 1.165) is 24.1 Å². The molecule has 0 saturated carbocycles. The summed E-state index contributed by atoms with van der Waals surface area (Å²) < 4.78 is 0. The van der Waals surface area contributed by atoms with E-state index in [4.69, 9.17) is 0 Å². The Morgan fingerprint density at radius 1 is 0.853 bits per heavy atom. The molecule has 1 N–H and O–H groups in total. The lowest BCUT2D eigenvalue weighted by atomic mass is 9.90. The number of nitrogens with one attached hydrogen (secondary N) is 1. The van der Waals surface area contributed by atoms with E-state index < -0.39 is 0 Å². The lowest BCUT2D eigenvalue weighted by molar-refractivity contribution is -0.132. The van der Waals surface area contributed by atoms with Crippen LogP contribution in [0.15, 0.2) is 72.8 Å². The number of para-hydroxylation sites is 1. The second-order valence-electron chi connectivity index (χ2n) is 8.84. The van der Waals surface area contributed by atoms with E-state index in [1.165, 1.54) is 11.1 Å². The Balaban J connectivity index is 1.27. The summed E-state index contributed by atoms with van der Waals surface area (Å²) in [6.45, 7) is 2.83. The molecule has 3 aromatic carbocycles. The van der Waals surface area contributed by atoms with Gasteiger partial charge < -0.3 is 15.1 Å². The van der Waals surface area contributed by atoms with Crippen LogP contribution in [-0.2, 0) is 22.4 Å². The second-order valence-corrected chi connectivity index (χ2v) is 8.84. The Kier molecular flexibility index (Phi) is 5.88. The third kappa shape index (κ3) is 4.19. The summed E-state index contributed by atoms with van der Waals surface area (Å²) in [7, 11) is 0. The van der Waals surface area contributed by atoms with Gasteiger partial charge >= 0.3 is 0 Å². The minimum absolute atomic E-state index is 0.0290. The van der Waals surface area contributed by atoms with Gasteiger partial charge in [0.25, 0.3) is 5.91 Å². The predicted molar refractivity (Wildman–Crippen MR) is 132 cm³/mol. The van der Waals surface area contributed by atoms with E-state index in [-0.39, 0.29) is 30.2 Å². The fraction of sp³-hybridized carbons (Fsp3) is 0.250. The average molecular weight is 454 g/mol. The molecule has 3 aromatic rings. The molecule has 2 aliphatic heterocycles. The number of rotatable bonds is 4. The van der Waals surface area contributed by atoms with Crippen LogP contribution in [0.5, 0.6) is 0 Å². The minimum Gasteiger partial charge on any atom is -0.335 e. The number of amides is 3. The molecular weight excluding hydrogens is 426 g/mol. The maximum Gasteiger partial charge on any atom is 0.258 e. The van der Waals surface area contributed by atoms with Crippen molar-refractivity contribution >= 4 is 29.1 Å². The summed E-state index contributed by atoms with van der Waals surface area (Å²) in [5.41, 5.74) is 5.58. The summed E-state index contributed by atoms with van der Waals surface area (Å²) in [6.07, 6.45) is 1.84. The first-order valence-corrected chi connectivity index (χ1v) is 11.7. The van der Waals surface area contributed by atoms with Crippen molar-refractivity contribution in [1.82, 2.24) is 4.90 Å². The largest absolute Gasteiger partial charge is 0.335 e. The summed E-state index contributed by atoms with van der Waals surface area (Å²) in [4.78, 5) is 41.7. The van der Waals surface area contributed by atoms with Crippen molar-refractivity contribution in [2.24, 2.45) is 0 Å². The van der Waals surface area contributed by atoms with E-state index in [1.54, 1.807) is 41.0 Å². The first kappa shape index (κ1) is 21.9. The van der Waals surface area contributed by atoms with Crippen molar-refractivity contribution < 1.29 is 14.4 Å². The van der Waals surface area contributed by atoms with Crippen LogP contribution in [-0.4, -0.2) is 35.7 Å². The molecule has 2 aliphatic rings. The summed E-state index contributed by atoms with van der Waals surface area (Å²) in [6, 6.07) is 22.7. The Morgan fingerprint density at radius 2 is 1.53 bits per heavy atom. The normalized spacial score (nSPS) is 16.6. The summed E-state index contributed by atoms with van der Waals surface area (Å²) in [5.74, 6) is -0.238. The van der Waals surface area contributed by atoms with Crippen molar-refractivity contribution in [3.05, 3.63) is 95.1 Å². The molecule has 0 saturated heterocycles. The third-order valence-electron chi connectivity index (χ3n) is 6.74. The highest BCUT2D eigenvalue weighted by Crippen LogP contribution is 2.33. The molecule has 5 rings (SSSR count). The van der Waals surface area contributed by atoms with E-state index in [2.05, 4.69) is 17.4 Å². The molecule has 3 amide bonds. The van der Waals surface area contributed by atoms with Gasteiger partial charge in [0.2, 0.25) is 11.8 Å². The molecule has 2 heterocycles. The number of anilines is 2. The van der Waals surface area contributed by atoms with Gasteiger partial charge in [-0.25, -0.2) is 0 Å². The topological polar surface area (TPSA) is 69.7 Å². The van der Waals surface area contributed by atoms with Crippen LogP contribution in [0.2, 0.25) is 0 Å². The standard InChI is InChI=1S/C28H27N3O3/c1-19(32)30-16-14-20-6-2-4-8-24(20)26(30)18-27(33)29-23-12-10-22(11-13-23)28(34)31-17-15-21-7-3-5-9-25(21)31/h2-13,26H,14-18H2,1H3,(H,29,33). The Hall–Kier alpha value is -3.93. The van der Waals surface area contributed by atoms with Crippen LogP contribution in [0.3, 0.4) is 0 Å². The van der Waals surface area contributed by atoms with Gasteiger partial charge in [0.05, 0.1) is 12.5 Å². The highest BCUT2D eigenvalue weighted by Gasteiger charge is 2.30. The van der Waals surface area contributed by atoms with E-state index in [0.29, 0.717) is 24.3 Å². The average Bonchev–Trinajstić information content (AvgIpc) is 3.28. The van der Waals surface area contributed by atoms with Crippen LogP contribution in [0.1, 0.15) is 46.4 Å². The lowest BCUT2D eigenvalue weighted by Gasteiger charge is -2.36. The van der Waals surface area contributed by atoms with Gasteiger partial charge in [-0.1, -0.05) is 42.5 Å². The monoisotopic (exact) mass is 453 g/mol. The van der Waals surface area contributed by atoms with Gasteiger partial charge in [0, 0.05) is 37.0 Å². The molecule has 6 nitrogen and oxygen atoms in total. The van der Waals surface area contributed by atoms with Gasteiger partial charge in [-0.2, -0.15) is 0 Å². The summed E-state index contributed by atoms with van der Waals surface area (Å²) in [5, 5.41) is 2.93. The number of hydrogen-bond acceptors (Lipinski definition) is 3. The fourth-order valence-electron chi connectivity index (χ4n) is 5.04. The highest BCUT2D eigenvalue weighted by molar-refractivity contribution is 6.07. The van der Waals surface area contributed by atoms with E-state index in [9.17, 15) is 14.4 Å². The molecule has 1 atom stereocenters. The maximum atomic E-state index is 13.0. The fourth-order valence-corrected chi connectivity index (χ4v) is 5.04. The van der Waals surface area contributed by atoms with Crippen LogP contribution >= 0.6 is 0 Å². The smallest absolute Gasteiger partial charge is 0.258 e. The molecule has 6 heteroatoms. The number of fused-ring (bicyclic) bond motifs is 2. The molecule has 0 radical (unpaired) electrons. The van der Waals surface area contributed by atoms with Gasteiger partial charge in [0.15, 0.2) is 0 Å². The number of nitrogens with zero attached hydrogens (tertiary/aromatic N) is 2. The van der Waals surface area contributed by atoms with Crippen LogP contribution in [0.25, 0.3) is 0 Å². The van der Waals surface area contributed by atoms with E-state index >= 15 is 0 Å². The zero-order valence-electron chi connectivity index (χ0n) is 19.2. The Labute approximate surface area is 199 Å². The number of carbonyl (C=O) groups is 3. The molecule has 0 aliphatic carbocycles. The van der Waals surface area contributed by atoms with Crippen LogP contribution < -0.4 is 10.2 Å². The SMILES string of the molecule is CC(=O)N1CCc2ccccc2C1CC(=O)Nc1ccc(C(=O)N2CCc3ccccc32)cc1. The number of carbonyl (C=O) groups excluding carboxylic acids is 3. The Bertz CT molecular complexity index is 1250. The maximum absolute atomic E-state index is 13.0. The molecule has 0 aromatic heterocycles. The predicted octanol–water partition coefficient (Wildman–Crippen LogP) is 4.36. The van der Waals surface area contributed by atoms with Crippen molar-refractivity contribution in [3.63, 3.8) is 0 Å². The molecule has 172 valence electrons. The molecule has 34 heavy (non-hydrogen) atoms. The molecule has 0 bridgehead atoms. The minimum atomic E-state index is -0.279. The van der Waals surface area contributed by atoms with Crippen LogP contribution in [0.4, 0.5) is 11.4 Å². The van der Waals surface area contributed by atoms with Crippen molar-refractivity contribution in [2.75, 3.05) is 23.3 Å². The highest BCUT2D eigenvalue weighted by atomic mass is 16.2. The first-order chi connectivity index (χ1) is 16.5. The first-order valence-electron chi connectivity index (χ1n) is 11.7. The zero-order valence-corrected chi connectivity index (χ0v) is 19.2.